The Morgan fingerprint density at radius 2 is 2.33 bits per heavy atom. The summed E-state index contributed by atoms with van der Waals surface area (Å²) in [5.74, 6) is 0.349. The Labute approximate surface area is 71.4 Å². The predicted octanol–water partition coefficient (Wildman–Crippen LogP) is 0.972. The molecule has 0 saturated carbocycles. The highest BCUT2D eigenvalue weighted by Gasteiger charge is 2.31. The Morgan fingerprint density at radius 3 is 3.00 bits per heavy atom. The zero-order valence-electron chi connectivity index (χ0n) is 6.69. The van der Waals surface area contributed by atoms with Crippen LogP contribution in [0.15, 0.2) is 23.4 Å². The molecule has 1 aliphatic heterocycles. The van der Waals surface area contributed by atoms with E-state index in [1.54, 1.807) is 12.3 Å². The van der Waals surface area contributed by atoms with Crippen molar-refractivity contribution in [2.45, 2.75) is 17.7 Å². The first-order chi connectivity index (χ1) is 5.61. The monoisotopic (exact) mass is 183 g/mol. The maximum Gasteiger partial charge on any atom is 0.180 e. The molecular weight excluding hydrogens is 174 g/mol. The van der Waals surface area contributed by atoms with Gasteiger partial charge in [0.15, 0.2) is 9.84 Å². The number of hydrogen-bond donors (Lipinski definition) is 0. The number of hydrogen-bond acceptors (Lipinski definition) is 3. The largest absolute Gasteiger partial charge is 0.263 e. The van der Waals surface area contributed by atoms with E-state index in [9.17, 15) is 8.42 Å². The van der Waals surface area contributed by atoms with Crippen LogP contribution in [-0.2, 0) is 9.84 Å². The second-order valence-corrected chi connectivity index (χ2v) is 5.10. The first-order valence-corrected chi connectivity index (χ1v) is 5.43. The van der Waals surface area contributed by atoms with E-state index >= 15 is 0 Å². The second-order valence-electron chi connectivity index (χ2n) is 3.10. The molecule has 64 valence electrons. The molecular formula is C8H9NO2S. The molecule has 1 unspecified atom stereocenters. The lowest BCUT2D eigenvalue weighted by Gasteiger charge is -1.98. The van der Waals surface area contributed by atoms with Gasteiger partial charge in [0.25, 0.3) is 0 Å². The van der Waals surface area contributed by atoms with Crippen molar-refractivity contribution < 1.29 is 8.42 Å². The topological polar surface area (TPSA) is 47.0 Å². The molecule has 0 radical (unpaired) electrons. The summed E-state index contributed by atoms with van der Waals surface area (Å²) >= 11 is 0. The van der Waals surface area contributed by atoms with Gasteiger partial charge in [-0.05, 0) is 17.5 Å². The minimum Gasteiger partial charge on any atom is -0.263 e. The van der Waals surface area contributed by atoms with Gasteiger partial charge in [-0.15, -0.1) is 0 Å². The van der Waals surface area contributed by atoms with Crippen LogP contribution in [0.4, 0.5) is 0 Å². The lowest BCUT2D eigenvalue weighted by molar-refractivity contribution is 0.598. The van der Waals surface area contributed by atoms with Crippen LogP contribution in [0, 0.1) is 0 Å². The third-order valence-corrected chi connectivity index (χ3v) is 4.10. The Bertz CT molecular complexity index is 411. The van der Waals surface area contributed by atoms with Crippen LogP contribution in [0.1, 0.15) is 18.4 Å². The van der Waals surface area contributed by atoms with Gasteiger partial charge in [0.2, 0.25) is 0 Å². The minimum atomic E-state index is -3.02. The fraction of sp³-hybridized carbons (Fsp3) is 0.375. The van der Waals surface area contributed by atoms with E-state index in [0.717, 1.165) is 5.56 Å². The van der Waals surface area contributed by atoms with Crippen LogP contribution in [0.5, 0.6) is 0 Å². The molecule has 0 aromatic carbocycles. The lowest BCUT2D eigenvalue weighted by Crippen LogP contribution is -2.00. The number of fused-ring (bicyclic) bond motifs is 1. The quantitative estimate of drug-likeness (QED) is 0.602. The molecule has 2 rings (SSSR count). The number of aromatic nitrogens is 1. The van der Waals surface area contributed by atoms with Gasteiger partial charge in [-0.3, -0.25) is 4.98 Å². The Kier molecular flexibility index (Phi) is 1.48. The van der Waals surface area contributed by atoms with Crippen molar-refractivity contribution in [1.82, 2.24) is 4.98 Å². The first-order valence-electron chi connectivity index (χ1n) is 3.78. The minimum absolute atomic E-state index is 0.119. The van der Waals surface area contributed by atoms with Crippen molar-refractivity contribution >= 4 is 9.84 Å². The fourth-order valence-electron chi connectivity index (χ4n) is 1.57. The van der Waals surface area contributed by atoms with Crippen molar-refractivity contribution in [1.29, 1.82) is 0 Å². The Morgan fingerprint density at radius 1 is 1.58 bits per heavy atom. The standard InChI is InChI=1S/C8H9NO2S/c1-6-5-12(10,11)8-4-9-3-2-7(6)8/h2-4,6H,5H2,1H3. The molecule has 1 aliphatic rings. The third kappa shape index (κ3) is 0.948. The lowest BCUT2D eigenvalue weighted by atomic mass is 10.1. The van der Waals surface area contributed by atoms with Gasteiger partial charge in [0.1, 0.15) is 0 Å². The molecule has 1 atom stereocenters. The second kappa shape index (κ2) is 2.29. The number of pyridine rings is 1. The Balaban J connectivity index is 2.74. The summed E-state index contributed by atoms with van der Waals surface area (Å²) < 4.78 is 22.8. The van der Waals surface area contributed by atoms with Crippen molar-refractivity contribution in [2.75, 3.05) is 5.75 Å². The smallest absolute Gasteiger partial charge is 0.180 e. The van der Waals surface area contributed by atoms with Crippen LogP contribution in [-0.4, -0.2) is 19.2 Å². The summed E-state index contributed by atoms with van der Waals surface area (Å²) in [7, 11) is -3.02. The Hall–Kier alpha value is -0.900. The predicted molar refractivity (Wildman–Crippen MR) is 44.7 cm³/mol. The van der Waals surface area contributed by atoms with E-state index in [1.807, 2.05) is 6.92 Å². The van der Waals surface area contributed by atoms with Crippen molar-refractivity contribution in [3.05, 3.63) is 24.0 Å². The molecule has 12 heavy (non-hydrogen) atoms. The normalized spacial score (nSPS) is 25.2. The van der Waals surface area contributed by atoms with Crippen LogP contribution in [0.3, 0.4) is 0 Å². The number of sulfone groups is 1. The SMILES string of the molecule is CC1CS(=O)(=O)c2cnccc21. The van der Waals surface area contributed by atoms with Gasteiger partial charge in [-0.2, -0.15) is 0 Å². The molecule has 2 heterocycles. The van der Waals surface area contributed by atoms with Gasteiger partial charge >= 0.3 is 0 Å². The molecule has 3 nitrogen and oxygen atoms in total. The van der Waals surface area contributed by atoms with Gasteiger partial charge in [0.05, 0.1) is 10.6 Å². The van der Waals surface area contributed by atoms with Crippen LogP contribution in [0.2, 0.25) is 0 Å². The van der Waals surface area contributed by atoms with Crippen molar-refractivity contribution in [2.24, 2.45) is 0 Å². The highest BCUT2D eigenvalue weighted by molar-refractivity contribution is 7.91. The average molecular weight is 183 g/mol. The highest BCUT2D eigenvalue weighted by atomic mass is 32.2. The number of nitrogens with zero attached hydrogens (tertiary/aromatic N) is 1. The van der Waals surface area contributed by atoms with E-state index in [-0.39, 0.29) is 11.7 Å². The molecule has 0 amide bonds. The van der Waals surface area contributed by atoms with Crippen LogP contribution >= 0.6 is 0 Å². The van der Waals surface area contributed by atoms with Crippen LogP contribution in [0.25, 0.3) is 0 Å². The first kappa shape index (κ1) is 7.73. The third-order valence-electron chi connectivity index (χ3n) is 2.15. The molecule has 0 aliphatic carbocycles. The molecule has 0 fully saturated rings. The van der Waals surface area contributed by atoms with Gasteiger partial charge in [0, 0.05) is 12.4 Å². The van der Waals surface area contributed by atoms with E-state index in [2.05, 4.69) is 4.98 Å². The molecule has 0 spiro atoms. The molecule has 1 aromatic heterocycles. The molecule has 0 bridgehead atoms. The van der Waals surface area contributed by atoms with Crippen molar-refractivity contribution in [3.63, 3.8) is 0 Å². The summed E-state index contributed by atoms with van der Waals surface area (Å²) in [5, 5.41) is 0. The maximum atomic E-state index is 11.4. The average Bonchev–Trinajstić information content (AvgIpc) is 2.25. The van der Waals surface area contributed by atoms with E-state index in [0.29, 0.717) is 4.90 Å². The zero-order chi connectivity index (χ0) is 8.77. The van der Waals surface area contributed by atoms with E-state index in [1.165, 1.54) is 6.20 Å². The molecule has 0 N–H and O–H groups in total. The van der Waals surface area contributed by atoms with Gasteiger partial charge in [-0.25, -0.2) is 8.42 Å². The van der Waals surface area contributed by atoms with E-state index < -0.39 is 9.84 Å². The van der Waals surface area contributed by atoms with E-state index in [4.69, 9.17) is 0 Å². The zero-order valence-corrected chi connectivity index (χ0v) is 7.50. The van der Waals surface area contributed by atoms with Gasteiger partial charge < -0.3 is 0 Å². The highest BCUT2D eigenvalue weighted by Crippen LogP contribution is 2.33. The summed E-state index contributed by atoms with van der Waals surface area (Å²) in [6.45, 7) is 1.92. The van der Waals surface area contributed by atoms with Crippen LogP contribution < -0.4 is 0 Å². The van der Waals surface area contributed by atoms with Gasteiger partial charge in [-0.1, -0.05) is 6.92 Å². The fourth-order valence-corrected chi connectivity index (χ4v) is 3.43. The van der Waals surface area contributed by atoms with Crippen molar-refractivity contribution in [3.8, 4) is 0 Å². The number of rotatable bonds is 0. The summed E-state index contributed by atoms with van der Waals surface area (Å²) in [6.07, 6.45) is 3.07. The summed E-state index contributed by atoms with van der Waals surface area (Å²) in [4.78, 5) is 4.22. The molecule has 0 saturated heterocycles. The maximum absolute atomic E-state index is 11.4. The molecule has 1 aromatic rings. The molecule has 4 heteroatoms. The summed E-state index contributed by atoms with van der Waals surface area (Å²) in [6, 6.07) is 1.78. The summed E-state index contributed by atoms with van der Waals surface area (Å²) in [5.41, 5.74) is 0.907.